The van der Waals surface area contributed by atoms with Crippen molar-refractivity contribution in [1.29, 1.82) is 0 Å². The minimum atomic E-state index is 0.00649. The van der Waals surface area contributed by atoms with E-state index in [0.717, 1.165) is 12.8 Å². The number of rotatable bonds is 4. The molecule has 7 heteroatoms. The van der Waals surface area contributed by atoms with E-state index in [9.17, 15) is 4.79 Å². The lowest BCUT2D eigenvalue weighted by Crippen LogP contribution is -2.40. The molecule has 1 aliphatic rings. The van der Waals surface area contributed by atoms with Gasteiger partial charge in [0, 0.05) is 25.5 Å². The molecule has 0 radical (unpaired) electrons. The van der Waals surface area contributed by atoms with Crippen LogP contribution in [-0.2, 0) is 0 Å². The van der Waals surface area contributed by atoms with Gasteiger partial charge in [0.25, 0.3) is 5.91 Å². The maximum absolute atomic E-state index is 12.6. The van der Waals surface area contributed by atoms with E-state index in [1.165, 1.54) is 0 Å². The van der Waals surface area contributed by atoms with Gasteiger partial charge in [-0.25, -0.2) is 9.97 Å². The number of hydrogen-bond acceptors (Lipinski definition) is 6. The molecule has 3 heterocycles. The standard InChI is InChI=1S/C16H20N4O3/c1-11-14(12(2)23-19-11)15(21)20-8-4-13(5-9-20)10-22-16-17-6-3-7-18-16/h3,6-7,13H,4-5,8-10H2,1-2H3. The van der Waals surface area contributed by atoms with Crippen LogP contribution in [0.25, 0.3) is 0 Å². The van der Waals surface area contributed by atoms with Gasteiger partial charge in [-0.15, -0.1) is 0 Å². The summed E-state index contributed by atoms with van der Waals surface area (Å²) in [6.07, 6.45) is 5.13. The molecule has 0 atom stereocenters. The van der Waals surface area contributed by atoms with Crippen molar-refractivity contribution in [3.63, 3.8) is 0 Å². The van der Waals surface area contributed by atoms with Crippen LogP contribution >= 0.6 is 0 Å². The van der Waals surface area contributed by atoms with Crippen molar-refractivity contribution in [3.8, 4) is 6.01 Å². The Labute approximate surface area is 134 Å². The number of carbonyl (C=O) groups excluding carboxylic acids is 1. The first-order chi connectivity index (χ1) is 11.1. The number of nitrogens with zero attached hydrogens (tertiary/aromatic N) is 4. The molecule has 0 spiro atoms. The largest absolute Gasteiger partial charge is 0.463 e. The number of aromatic nitrogens is 3. The number of aryl methyl sites for hydroxylation is 2. The molecule has 2 aromatic rings. The number of hydrogen-bond donors (Lipinski definition) is 0. The van der Waals surface area contributed by atoms with E-state index >= 15 is 0 Å². The fraction of sp³-hybridized carbons (Fsp3) is 0.500. The molecular weight excluding hydrogens is 296 g/mol. The Kier molecular flexibility index (Phi) is 4.55. The lowest BCUT2D eigenvalue weighted by molar-refractivity contribution is 0.0655. The normalized spacial score (nSPS) is 15.7. The zero-order chi connectivity index (χ0) is 16.2. The molecule has 1 aliphatic heterocycles. The Morgan fingerprint density at radius 3 is 2.61 bits per heavy atom. The van der Waals surface area contributed by atoms with E-state index in [1.54, 1.807) is 32.3 Å². The molecule has 1 amide bonds. The molecule has 0 saturated carbocycles. The van der Waals surface area contributed by atoms with Crippen LogP contribution in [0.2, 0.25) is 0 Å². The molecule has 1 saturated heterocycles. The van der Waals surface area contributed by atoms with Crippen molar-refractivity contribution in [1.82, 2.24) is 20.0 Å². The quantitative estimate of drug-likeness (QED) is 0.858. The van der Waals surface area contributed by atoms with Gasteiger partial charge in [0.15, 0.2) is 0 Å². The zero-order valence-corrected chi connectivity index (χ0v) is 13.4. The number of carbonyl (C=O) groups is 1. The summed E-state index contributed by atoms with van der Waals surface area (Å²) in [5.74, 6) is 0.999. The highest BCUT2D eigenvalue weighted by Crippen LogP contribution is 2.22. The second kappa shape index (κ2) is 6.76. The van der Waals surface area contributed by atoms with Gasteiger partial charge in [-0.2, -0.15) is 0 Å². The summed E-state index contributed by atoms with van der Waals surface area (Å²) in [6, 6.07) is 2.16. The van der Waals surface area contributed by atoms with Crippen LogP contribution in [0.15, 0.2) is 23.0 Å². The van der Waals surface area contributed by atoms with E-state index in [4.69, 9.17) is 9.26 Å². The summed E-state index contributed by atoms with van der Waals surface area (Å²) < 4.78 is 10.7. The minimum absolute atomic E-state index is 0.00649. The Hall–Kier alpha value is -2.44. The second-order valence-electron chi connectivity index (χ2n) is 5.78. The van der Waals surface area contributed by atoms with Gasteiger partial charge in [-0.05, 0) is 38.7 Å². The fourth-order valence-electron chi connectivity index (χ4n) is 2.80. The molecule has 23 heavy (non-hydrogen) atoms. The van der Waals surface area contributed by atoms with Crippen molar-refractivity contribution in [2.24, 2.45) is 5.92 Å². The van der Waals surface area contributed by atoms with E-state index in [2.05, 4.69) is 15.1 Å². The molecule has 0 N–H and O–H groups in total. The average Bonchev–Trinajstić information content (AvgIpc) is 2.92. The van der Waals surface area contributed by atoms with E-state index in [1.807, 2.05) is 4.90 Å². The van der Waals surface area contributed by atoms with Crippen molar-refractivity contribution in [2.75, 3.05) is 19.7 Å². The van der Waals surface area contributed by atoms with Crippen LogP contribution in [0.5, 0.6) is 6.01 Å². The summed E-state index contributed by atoms with van der Waals surface area (Å²) in [7, 11) is 0. The third-order valence-electron chi connectivity index (χ3n) is 4.14. The molecule has 0 bridgehead atoms. The predicted octanol–water partition coefficient (Wildman–Crippen LogP) is 2.01. The highest BCUT2D eigenvalue weighted by molar-refractivity contribution is 5.96. The van der Waals surface area contributed by atoms with Gasteiger partial charge in [-0.1, -0.05) is 5.16 Å². The summed E-state index contributed by atoms with van der Waals surface area (Å²) in [4.78, 5) is 22.5. The fourth-order valence-corrected chi connectivity index (χ4v) is 2.80. The van der Waals surface area contributed by atoms with E-state index in [0.29, 0.717) is 48.6 Å². The first kappa shape index (κ1) is 15.5. The number of ether oxygens (including phenoxy) is 1. The molecular formula is C16H20N4O3. The maximum Gasteiger partial charge on any atom is 0.316 e. The highest BCUT2D eigenvalue weighted by atomic mass is 16.5. The van der Waals surface area contributed by atoms with Crippen molar-refractivity contribution in [3.05, 3.63) is 35.5 Å². The SMILES string of the molecule is Cc1noc(C)c1C(=O)N1CCC(COc2ncccn2)CC1. The lowest BCUT2D eigenvalue weighted by Gasteiger charge is -2.31. The van der Waals surface area contributed by atoms with Gasteiger partial charge in [0.2, 0.25) is 0 Å². The smallest absolute Gasteiger partial charge is 0.316 e. The minimum Gasteiger partial charge on any atom is -0.463 e. The molecule has 0 aromatic carbocycles. The summed E-state index contributed by atoms with van der Waals surface area (Å²) in [5, 5.41) is 3.85. The van der Waals surface area contributed by atoms with Crippen LogP contribution in [0.3, 0.4) is 0 Å². The molecule has 122 valence electrons. The van der Waals surface area contributed by atoms with Crippen molar-refractivity contribution in [2.45, 2.75) is 26.7 Å². The van der Waals surface area contributed by atoms with E-state index in [-0.39, 0.29) is 5.91 Å². The molecule has 2 aromatic heterocycles. The van der Waals surface area contributed by atoms with Gasteiger partial charge in [0.05, 0.1) is 12.3 Å². The van der Waals surface area contributed by atoms with Gasteiger partial charge < -0.3 is 14.2 Å². The number of piperidine rings is 1. The Morgan fingerprint density at radius 1 is 1.30 bits per heavy atom. The monoisotopic (exact) mass is 316 g/mol. The average molecular weight is 316 g/mol. The van der Waals surface area contributed by atoms with Crippen LogP contribution < -0.4 is 4.74 Å². The molecule has 0 aliphatic carbocycles. The third-order valence-corrected chi connectivity index (χ3v) is 4.14. The second-order valence-corrected chi connectivity index (χ2v) is 5.78. The first-order valence-corrected chi connectivity index (χ1v) is 7.77. The first-order valence-electron chi connectivity index (χ1n) is 7.77. The Morgan fingerprint density at radius 2 is 2.00 bits per heavy atom. The van der Waals surface area contributed by atoms with Crippen LogP contribution in [0.1, 0.15) is 34.7 Å². The maximum atomic E-state index is 12.6. The van der Waals surface area contributed by atoms with Crippen molar-refractivity contribution >= 4 is 5.91 Å². The molecule has 1 fully saturated rings. The topological polar surface area (TPSA) is 81.4 Å². The van der Waals surface area contributed by atoms with Gasteiger partial charge in [0.1, 0.15) is 11.3 Å². The van der Waals surface area contributed by atoms with E-state index < -0.39 is 0 Å². The zero-order valence-electron chi connectivity index (χ0n) is 13.4. The lowest BCUT2D eigenvalue weighted by atomic mass is 9.97. The number of likely N-dealkylation sites (tertiary alicyclic amines) is 1. The number of amides is 1. The molecule has 0 unspecified atom stereocenters. The summed E-state index contributed by atoms with van der Waals surface area (Å²) in [6.45, 7) is 5.58. The van der Waals surface area contributed by atoms with Crippen molar-refractivity contribution < 1.29 is 14.1 Å². The Bertz CT molecular complexity index is 644. The van der Waals surface area contributed by atoms with Crippen LogP contribution in [0, 0.1) is 19.8 Å². The molecule has 7 nitrogen and oxygen atoms in total. The predicted molar refractivity (Wildman–Crippen MR) is 82.1 cm³/mol. The summed E-state index contributed by atoms with van der Waals surface area (Å²) >= 11 is 0. The Balaban J connectivity index is 1.51. The summed E-state index contributed by atoms with van der Waals surface area (Å²) in [5.41, 5.74) is 1.25. The van der Waals surface area contributed by atoms with Gasteiger partial charge in [-0.3, -0.25) is 4.79 Å². The van der Waals surface area contributed by atoms with Crippen LogP contribution in [-0.4, -0.2) is 45.6 Å². The van der Waals surface area contributed by atoms with Gasteiger partial charge >= 0.3 is 6.01 Å². The molecule has 3 rings (SSSR count). The third kappa shape index (κ3) is 3.49. The highest BCUT2D eigenvalue weighted by Gasteiger charge is 2.27. The van der Waals surface area contributed by atoms with Crippen LogP contribution in [0.4, 0.5) is 0 Å².